The van der Waals surface area contributed by atoms with Gasteiger partial charge in [-0.05, 0) is 29.8 Å². The van der Waals surface area contributed by atoms with Crippen LogP contribution in [0.5, 0.6) is 0 Å². The fourth-order valence-electron chi connectivity index (χ4n) is 1.85. The Kier molecular flexibility index (Phi) is 4.29. The molecule has 0 atom stereocenters. The third-order valence-electron chi connectivity index (χ3n) is 2.84. The molecule has 0 heterocycles. The fourth-order valence-corrected chi connectivity index (χ4v) is 1.85. The monoisotopic (exact) mass is 294 g/mol. The van der Waals surface area contributed by atoms with Crippen molar-refractivity contribution in [3.8, 4) is 0 Å². The topological polar surface area (TPSA) is 93.2 Å². The number of rotatable bonds is 5. The molecule has 0 unspecified atom stereocenters. The fraction of sp³-hybridized carbons (Fsp3) is 0.0769. The molecule has 2 aromatic rings. The first-order valence-corrected chi connectivity index (χ1v) is 5.94. The number of nitrogens with one attached hydrogen (secondary N) is 2. The minimum atomic E-state index is -0.971. The van der Waals surface area contributed by atoms with Gasteiger partial charge in [0.25, 0.3) is 0 Å². The van der Waals surface area contributed by atoms with E-state index in [2.05, 4.69) is 10.7 Å². The van der Waals surface area contributed by atoms with Gasteiger partial charge in [0.2, 0.25) is 0 Å². The largest absolute Gasteiger partial charge is 0.375 e. The van der Waals surface area contributed by atoms with Gasteiger partial charge in [0.05, 0.1) is 4.92 Å². The molecule has 0 saturated carbocycles. The number of hydrogen-bond acceptors (Lipinski definition) is 5. The maximum absolute atomic E-state index is 13.1. The minimum Gasteiger partial charge on any atom is -0.375 e. The third-order valence-corrected chi connectivity index (χ3v) is 2.84. The molecule has 0 fully saturated rings. The van der Waals surface area contributed by atoms with E-state index in [0.29, 0.717) is 5.56 Å². The Hall–Kier alpha value is -2.74. The molecule has 0 amide bonds. The Morgan fingerprint density at radius 2 is 1.86 bits per heavy atom. The van der Waals surface area contributed by atoms with Gasteiger partial charge in [0, 0.05) is 6.54 Å². The second-order valence-corrected chi connectivity index (χ2v) is 4.21. The van der Waals surface area contributed by atoms with Crippen LogP contribution in [-0.4, -0.2) is 4.92 Å². The number of para-hydroxylation sites is 1. The van der Waals surface area contributed by atoms with Crippen LogP contribution >= 0.6 is 0 Å². The summed E-state index contributed by atoms with van der Waals surface area (Å²) in [5, 5.41) is 13.9. The first kappa shape index (κ1) is 14.7. The van der Waals surface area contributed by atoms with E-state index in [1.165, 1.54) is 18.2 Å². The predicted octanol–water partition coefficient (Wildman–Crippen LogP) is 2.77. The van der Waals surface area contributed by atoms with Crippen molar-refractivity contribution in [2.75, 3.05) is 10.7 Å². The number of hydrazine groups is 1. The standard InChI is InChI=1S/C13H12F2N4O2/c14-9-5-4-8(6-10(9)15)7-17-11-2-1-3-12(18-16)13(11)19(20)21/h1-6,17-18H,7,16H2. The molecule has 110 valence electrons. The molecule has 0 aliphatic carbocycles. The van der Waals surface area contributed by atoms with Crippen molar-refractivity contribution >= 4 is 17.1 Å². The van der Waals surface area contributed by atoms with Crippen molar-refractivity contribution in [2.24, 2.45) is 5.84 Å². The Labute approximate surface area is 118 Å². The van der Waals surface area contributed by atoms with Crippen molar-refractivity contribution in [3.63, 3.8) is 0 Å². The van der Waals surface area contributed by atoms with E-state index < -0.39 is 16.6 Å². The zero-order valence-corrected chi connectivity index (χ0v) is 10.8. The Morgan fingerprint density at radius 3 is 2.48 bits per heavy atom. The van der Waals surface area contributed by atoms with Crippen LogP contribution < -0.4 is 16.6 Å². The molecule has 0 aliphatic rings. The molecule has 21 heavy (non-hydrogen) atoms. The van der Waals surface area contributed by atoms with Gasteiger partial charge in [-0.3, -0.25) is 16.0 Å². The summed E-state index contributed by atoms with van der Waals surface area (Å²) in [5.74, 6) is 3.31. The van der Waals surface area contributed by atoms with E-state index in [1.807, 2.05) is 0 Å². The summed E-state index contributed by atoms with van der Waals surface area (Å²) in [7, 11) is 0. The number of nitrogens with zero attached hydrogens (tertiary/aromatic N) is 1. The van der Waals surface area contributed by atoms with Crippen LogP contribution in [0, 0.1) is 21.7 Å². The molecule has 0 aromatic heterocycles. The average Bonchev–Trinajstić information content (AvgIpc) is 2.47. The number of nitrogen functional groups attached to an aromatic ring is 1. The van der Waals surface area contributed by atoms with Crippen molar-refractivity contribution in [2.45, 2.75) is 6.54 Å². The summed E-state index contributed by atoms with van der Waals surface area (Å²) in [6.45, 7) is 0.103. The van der Waals surface area contributed by atoms with Crippen molar-refractivity contribution in [1.82, 2.24) is 0 Å². The maximum Gasteiger partial charge on any atom is 0.316 e. The zero-order chi connectivity index (χ0) is 15.4. The molecule has 0 saturated heterocycles. The molecular formula is C13H12F2N4O2. The van der Waals surface area contributed by atoms with Crippen LogP contribution in [0.4, 0.5) is 25.8 Å². The van der Waals surface area contributed by atoms with E-state index in [1.54, 1.807) is 6.07 Å². The summed E-state index contributed by atoms with van der Waals surface area (Å²) >= 11 is 0. The smallest absolute Gasteiger partial charge is 0.316 e. The highest BCUT2D eigenvalue weighted by atomic mass is 19.2. The summed E-state index contributed by atoms with van der Waals surface area (Å²) in [6.07, 6.45) is 0. The van der Waals surface area contributed by atoms with E-state index in [-0.39, 0.29) is 23.6 Å². The lowest BCUT2D eigenvalue weighted by atomic mass is 10.2. The van der Waals surface area contributed by atoms with Crippen molar-refractivity contribution in [3.05, 3.63) is 63.7 Å². The lowest BCUT2D eigenvalue weighted by Crippen LogP contribution is -2.11. The van der Waals surface area contributed by atoms with Crippen LogP contribution in [0.1, 0.15) is 5.56 Å². The number of hydrogen-bond donors (Lipinski definition) is 3. The van der Waals surface area contributed by atoms with Gasteiger partial charge in [-0.25, -0.2) is 8.78 Å². The minimum absolute atomic E-state index is 0.103. The van der Waals surface area contributed by atoms with Gasteiger partial charge >= 0.3 is 5.69 Å². The highest BCUT2D eigenvalue weighted by Gasteiger charge is 2.18. The zero-order valence-electron chi connectivity index (χ0n) is 10.8. The first-order chi connectivity index (χ1) is 10.0. The molecule has 6 nitrogen and oxygen atoms in total. The molecule has 0 aliphatic heterocycles. The molecule has 8 heteroatoms. The van der Waals surface area contributed by atoms with Gasteiger partial charge < -0.3 is 10.7 Å². The van der Waals surface area contributed by atoms with Crippen LogP contribution in [0.3, 0.4) is 0 Å². The first-order valence-electron chi connectivity index (χ1n) is 5.94. The number of nitrogens with two attached hydrogens (primary N) is 1. The highest BCUT2D eigenvalue weighted by Crippen LogP contribution is 2.32. The molecule has 4 N–H and O–H groups in total. The van der Waals surface area contributed by atoms with E-state index in [4.69, 9.17) is 5.84 Å². The van der Waals surface area contributed by atoms with Gasteiger partial charge in [0.15, 0.2) is 11.6 Å². The quantitative estimate of drug-likeness (QED) is 0.448. The van der Waals surface area contributed by atoms with Crippen LogP contribution in [0.15, 0.2) is 36.4 Å². The molecule has 0 radical (unpaired) electrons. The molecule has 0 bridgehead atoms. The van der Waals surface area contributed by atoms with E-state index in [0.717, 1.165) is 12.1 Å². The lowest BCUT2D eigenvalue weighted by molar-refractivity contribution is -0.383. The van der Waals surface area contributed by atoms with Crippen LogP contribution in [-0.2, 0) is 6.54 Å². The average molecular weight is 294 g/mol. The Bertz CT molecular complexity index is 679. The number of nitro groups is 1. The third kappa shape index (κ3) is 3.23. The second kappa shape index (κ2) is 6.14. The normalized spacial score (nSPS) is 10.2. The van der Waals surface area contributed by atoms with E-state index in [9.17, 15) is 18.9 Å². The maximum atomic E-state index is 13.1. The molecule has 0 spiro atoms. The highest BCUT2D eigenvalue weighted by molar-refractivity contribution is 5.75. The Balaban J connectivity index is 2.23. The number of nitro benzene ring substituents is 1. The molecule has 2 rings (SSSR count). The van der Waals surface area contributed by atoms with Crippen LogP contribution in [0.25, 0.3) is 0 Å². The number of benzene rings is 2. The van der Waals surface area contributed by atoms with E-state index >= 15 is 0 Å². The number of anilines is 2. The summed E-state index contributed by atoms with van der Waals surface area (Å²) < 4.78 is 25.9. The molecule has 2 aromatic carbocycles. The van der Waals surface area contributed by atoms with Crippen molar-refractivity contribution < 1.29 is 13.7 Å². The SMILES string of the molecule is NNc1cccc(NCc2ccc(F)c(F)c2)c1[N+](=O)[O-]. The summed E-state index contributed by atoms with van der Waals surface area (Å²) in [5.41, 5.74) is 2.84. The number of halogens is 2. The predicted molar refractivity (Wildman–Crippen MR) is 74.6 cm³/mol. The Morgan fingerprint density at radius 1 is 1.14 bits per heavy atom. The van der Waals surface area contributed by atoms with Gasteiger partial charge in [-0.15, -0.1) is 0 Å². The van der Waals surface area contributed by atoms with Crippen LogP contribution in [0.2, 0.25) is 0 Å². The van der Waals surface area contributed by atoms with Crippen molar-refractivity contribution in [1.29, 1.82) is 0 Å². The van der Waals surface area contributed by atoms with Gasteiger partial charge in [-0.2, -0.15) is 0 Å². The van der Waals surface area contributed by atoms with Gasteiger partial charge in [0.1, 0.15) is 11.4 Å². The second-order valence-electron chi connectivity index (χ2n) is 4.21. The summed E-state index contributed by atoms with van der Waals surface area (Å²) in [4.78, 5) is 10.5. The van der Waals surface area contributed by atoms with Gasteiger partial charge in [-0.1, -0.05) is 12.1 Å². The molecular weight excluding hydrogens is 282 g/mol. The summed E-state index contributed by atoms with van der Waals surface area (Å²) in [6, 6.07) is 7.95. The lowest BCUT2D eigenvalue weighted by Gasteiger charge is -2.10.